The summed E-state index contributed by atoms with van der Waals surface area (Å²) in [6, 6.07) is 12.0. The average Bonchev–Trinajstić information content (AvgIpc) is 2.92. The standard InChI is InChI=1S/C29H37F5N4O/c1-35-14-16-37(17-15-35)25-9-12-38(13-10-25)26(22-6-4-3-5-7-22)28(39)36(2)11-8-21-18-23(27(30)31)20-24(19-21)29(32,33)34/h3-7,18-20,25-27H,8-17H2,1-2H3. The van der Waals surface area contributed by atoms with Gasteiger partial charge in [0.25, 0.3) is 6.43 Å². The van der Waals surface area contributed by atoms with E-state index >= 15 is 0 Å². The van der Waals surface area contributed by atoms with Crippen molar-refractivity contribution in [3.8, 4) is 0 Å². The zero-order valence-corrected chi connectivity index (χ0v) is 22.5. The Kier molecular flexibility index (Phi) is 9.61. The number of benzene rings is 2. The minimum Gasteiger partial charge on any atom is -0.344 e. The maximum atomic E-state index is 13.8. The Morgan fingerprint density at radius 3 is 2.18 bits per heavy atom. The second-order valence-corrected chi connectivity index (χ2v) is 10.7. The molecule has 0 aliphatic carbocycles. The molecule has 2 saturated heterocycles. The van der Waals surface area contributed by atoms with Crippen molar-refractivity contribution in [3.63, 3.8) is 0 Å². The molecule has 39 heavy (non-hydrogen) atoms. The van der Waals surface area contributed by atoms with Crippen LogP contribution in [0, 0.1) is 0 Å². The Labute approximate surface area is 227 Å². The molecular formula is C29H37F5N4O. The molecule has 0 bridgehead atoms. The quantitative estimate of drug-likeness (QED) is 0.427. The van der Waals surface area contributed by atoms with Crippen molar-refractivity contribution in [2.24, 2.45) is 0 Å². The van der Waals surface area contributed by atoms with Gasteiger partial charge in [0, 0.05) is 64.5 Å². The van der Waals surface area contributed by atoms with Gasteiger partial charge in [-0.3, -0.25) is 14.6 Å². The smallest absolute Gasteiger partial charge is 0.344 e. The fourth-order valence-corrected chi connectivity index (χ4v) is 5.61. The number of rotatable bonds is 8. The van der Waals surface area contributed by atoms with Gasteiger partial charge in [-0.15, -0.1) is 0 Å². The highest BCUT2D eigenvalue weighted by Gasteiger charge is 2.35. The number of hydrogen-bond acceptors (Lipinski definition) is 4. The van der Waals surface area contributed by atoms with Gasteiger partial charge in [0.2, 0.25) is 5.91 Å². The summed E-state index contributed by atoms with van der Waals surface area (Å²) < 4.78 is 66.4. The van der Waals surface area contributed by atoms with E-state index in [9.17, 15) is 26.7 Å². The van der Waals surface area contributed by atoms with Crippen LogP contribution in [0.1, 0.15) is 47.6 Å². The summed E-state index contributed by atoms with van der Waals surface area (Å²) in [6.45, 7) is 5.86. The van der Waals surface area contributed by atoms with Crippen LogP contribution in [-0.4, -0.2) is 91.5 Å². The summed E-state index contributed by atoms with van der Waals surface area (Å²) >= 11 is 0. The highest BCUT2D eigenvalue weighted by molar-refractivity contribution is 5.83. The molecule has 0 spiro atoms. The summed E-state index contributed by atoms with van der Waals surface area (Å²) in [5, 5.41) is 0. The van der Waals surface area contributed by atoms with Crippen LogP contribution in [0.2, 0.25) is 0 Å². The number of carbonyl (C=O) groups excluding carboxylic acids is 1. The molecule has 2 aromatic carbocycles. The van der Waals surface area contributed by atoms with Crippen LogP contribution in [-0.2, 0) is 17.4 Å². The number of likely N-dealkylation sites (tertiary alicyclic amines) is 1. The Morgan fingerprint density at radius 2 is 1.59 bits per heavy atom. The van der Waals surface area contributed by atoms with Crippen LogP contribution in [0.15, 0.2) is 48.5 Å². The molecule has 4 rings (SSSR count). The van der Waals surface area contributed by atoms with E-state index in [1.165, 1.54) is 4.90 Å². The monoisotopic (exact) mass is 552 g/mol. The zero-order valence-electron chi connectivity index (χ0n) is 22.5. The second kappa shape index (κ2) is 12.7. The molecule has 2 aliphatic rings. The Hall–Kier alpha value is -2.56. The maximum Gasteiger partial charge on any atom is 0.416 e. The lowest BCUT2D eigenvalue weighted by atomic mass is 9.96. The molecule has 2 fully saturated rings. The lowest BCUT2D eigenvalue weighted by Gasteiger charge is -2.44. The first-order valence-corrected chi connectivity index (χ1v) is 13.5. The molecule has 0 N–H and O–H groups in total. The van der Waals surface area contributed by atoms with E-state index in [-0.39, 0.29) is 24.4 Å². The van der Waals surface area contributed by atoms with Crippen LogP contribution in [0.4, 0.5) is 22.0 Å². The van der Waals surface area contributed by atoms with Gasteiger partial charge in [-0.1, -0.05) is 36.4 Å². The minimum absolute atomic E-state index is 0.0405. The highest BCUT2D eigenvalue weighted by atomic mass is 19.4. The van der Waals surface area contributed by atoms with Gasteiger partial charge < -0.3 is 9.80 Å². The number of halogens is 5. The van der Waals surface area contributed by atoms with E-state index in [0.29, 0.717) is 12.1 Å². The lowest BCUT2D eigenvalue weighted by molar-refractivity contribution is -0.138. The van der Waals surface area contributed by atoms with Gasteiger partial charge in [0.1, 0.15) is 6.04 Å². The summed E-state index contributed by atoms with van der Waals surface area (Å²) in [6.07, 6.45) is -5.77. The SMILES string of the molecule is CN1CCN(C2CCN(C(C(=O)N(C)CCc3cc(C(F)F)cc(C(F)(F)F)c3)c3ccccc3)CC2)CC1. The first-order valence-electron chi connectivity index (χ1n) is 13.5. The van der Waals surface area contributed by atoms with Gasteiger partial charge in [-0.05, 0) is 49.6 Å². The van der Waals surface area contributed by atoms with E-state index < -0.39 is 29.8 Å². The Morgan fingerprint density at radius 1 is 0.949 bits per heavy atom. The molecule has 2 heterocycles. The second-order valence-electron chi connectivity index (χ2n) is 10.7. The van der Waals surface area contributed by atoms with Crippen LogP contribution in [0.25, 0.3) is 0 Å². The van der Waals surface area contributed by atoms with Crippen molar-refractivity contribution < 1.29 is 26.7 Å². The van der Waals surface area contributed by atoms with Crippen molar-refractivity contribution in [2.45, 2.75) is 43.9 Å². The molecule has 1 atom stereocenters. The predicted molar refractivity (Wildman–Crippen MR) is 141 cm³/mol. The molecule has 2 aliphatic heterocycles. The normalized spacial score (nSPS) is 19.4. The molecule has 214 valence electrons. The molecule has 10 heteroatoms. The molecule has 0 saturated carbocycles. The molecule has 1 amide bonds. The van der Waals surface area contributed by atoms with Crippen LogP contribution >= 0.6 is 0 Å². The number of nitrogens with zero attached hydrogens (tertiary/aromatic N) is 4. The first kappa shape index (κ1) is 29.4. The van der Waals surface area contributed by atoms with E-state index in [4.69, 9.17) is 0 Å². The summed E-state index contributed by atoms with van der Waals surface area (Å²) in [5.74, 6) is -0.152. The molecule has 2 aromatic rings. The topological polar surface area (TPSA) is 30.0 Å². The molecular weight excluding hydrogens is 515 g/mol. The number of hydrogen-bond donors (Lipinski definition) is 0. The molecule has 0 aromatic heterocycles. The van der Waals surface area contributed by atoms with Gasteiger partial charge in [0.15, 0.2) is 0 Å². The lowest BCUT2D eigenvalue weighted by Crippen LogP contribution is -2.53. The van der Waals surface area contributed by atoms with E-state index in [0.717, 1.165) is 69.8 Å². The third-order valence-electron chi connectivity index (χ3n) is 7.97. The highest BCUT2D eigenvalue weighted by Crippen LogP contribution is 2.33. The van der Waals surface area contributed by atoms with Gasteiger partial charge >= 0.3 is 6.18 Å². The van der Waals surface area contributed by atoms with Crippen molar-refractivity contribution in [2.75, 3.05) is 59.9 Å². The predicted octanol–water partition coefficient (Wildman–Crippen LogP) is 5.10. The van der Waals surface area contributed by atoms with Crippen molar-refractivity contribution >= 4 is 5.91 Å². The Balaban J connectivity index is 1.45. The minimum atomic E-state index is -4.73. The van der Waals surface area contributed by atoms with E-state index in [1.54, 1.807) is 7.05 Å². The fraction of sp³-hybridized carbons (Fsp3) is 0.552. The van der Waals surface area contributed by atoms with Crippen LogP contribution < -0.4 is 0 Å². The molecule has 1 unspecified atom stereocenters. The van der Waals surface area contributed by atoms with Crippen molar-refractivity contribution in [1.82, 2.24) is 19.6 Å². The zero-order chi connectivity index (χ0) is 28.2. The third-order valence-corrected chi connectivity index (χ3v) is 7.97. The average molecular weight is 553 g/mol. The van der Waals surface area contributed by atoms with Gasteiger partial charge in [-0.25, -0.2) is 8.78 Å². The first-order chi connectivity index (χ1) is 18.5. The fourth-order valence-electron chi connectivity index (χ4n) is 5.61. The van der Waals surface area contributed by atoms with Gasteiger partial charge in [-0.2, -0.15) is 13.2 Å². The summed E-state index contributed by atoms with van der Waals surface area (Å²) in [5.41, 5.74) is -0.774. The summed E-state index contributed by atoms with van der Waals surface area (Å²) in [7, 11) is 3.76. The van der Waals surface area contributed by atoms with Crippen molar-refractivity contribution in [3.05, 3.63) is 70.8 Å². The number of likely N-dealkylation sites (N-methyl/N-ethyl adjacent to an activating group) is 2. The largest absolute Gasteiger partial charge is 0.416 e. The Bertz CT molecular complexity index is 1080. The van der Waals surface area contributed by atoms with E-state index in [2.05, 4.69) is 21.7 Å². The van der Waals surface area contributed by atoms with Crippen molar-refractivity contribution in [1.29, 1.82) is 0 Å². The number of piperidine rings is 1. The number of amides is 1. The number of piperazine rings is 1. The van der Waals surface area contributed by atoms with Crippen LogP contribution in [0.5, 0.6) is 0 Å². The van der Waals surface area contributed by atoms with E-state index in [1.807, 2.05) is 30.3 Å². The van der Waals surface area contributed by atoms with Gasteiger partial charge in [0.05, 0.1) is 5.56 Å². The third kappa shape index (κ3) is 7.55. The number of alkyl halides is 5. The molecule has 5 nitrogen and oxygen atoms in total. The maximum absolute atomic E-state index is 13.8. The number of carbonyl (C=O) groups is 1. The van der Waals surface area contributed by atoms with Crippen LogP contribution in [0.3, 0.4) is 0 Å². The molecule has 0 radical (unpaired) electrons. The summed E-state index contributed by atoms with van der Waals surface area (Å²) in [4.78, 5) is 22.3.